The molecule has 0 aliphatic carbocycles. The van der Waals surface area contributed by atoms with Crippen molar-refractivity contribution in [3.8, 4) is 0 Å². The maximum atomic E-state index is 13.7. The smallest absolute Gasteiger partial charge is 0.282 e. The molecule has 24 heavy (non-hydrogen) atoms. The van der Waals surface area contributed by atoms with Crippen molar-refractivity contribution >= 4 is 22.6 Å². The Labute approximate surface area is 137 Å². The molecule has 0 amide bonds. The minimum Gasteiger partial charge on any atom is -0.292 e. The Morgan fingerprint density at radius 1 is 1.17 bits per heavy atom. The highest BCUT2D eigenvalue weighted by molar-refractivity contribution is 6.02. The lowest BCUT2D eigenvalue weighted by molar-refractivity contribution is 0.0955. The molecule has 3 aromatic heterocycles. The van der Waals surface area contributed by atoms with E-state index in [9.17, 15) is 9.18 Å². The highest BCUT2D eigenvalue weighted by Gasteiger charge is 2.23. The van der Waals surface area contributed by atoms with Gasteiger partial charge in [0.2, 0.25) is 0 Å². The largest absolute Gasteiger partial charge is 0.292 e. The van der Waals surface area contributed by atoms with Gasteiger partial charge in [0.25, 0.3) is 5.91 Å². The monoisotopic (exact) mass is 322 g/mol. The molecule has 3 heterocycles. The number of aromatic nitrogens is 4. The van der Waals surface area contributed by atoms with Crippen LogP contribution in [-0.2, 0) is 6.42 Å². The number of pyridine rings is 1. The van der Waals surface area contributed by atoms with Gasteiger partial charge in [-0.2, -0.15) is 0 Å². The molecule has 0 fully saturated rings. The third-order valence-electron chi connectivity index (χ3n) is 4.12. The number of halogens is 1. The maximum Gasteiger partial charge on any atom is 0.282 e. The lowest BCUT2D eigenvalue weighted by Crippen LogP contribution is -2.17. The molecule has 5 nitrogen and oxygen atoms in total. The summed E-state index contributed by atoms with van der Waals surface area (Å²) >= 11 is 0. The SMILES string of the molecule is CCc1nc2ccc(F)cn2c1C(=O)n1c(C)nc2ccccc21. The number of rotatable bonds is 2. The van der Waals surface area contributed by atoms with Gasteiger partial charge in [-0.05, 0) is 37.6 Å². The molecule has 0 aliphatic rings. The second-order valence-electron chi connectivity index (χ2n) is 5.62. The summed E-state index contributed by atoms with van der Waals surface area (Å²) in [5, 5.41) is 0. The minimum atomic E-state index is -0.413. The van der Waals surface area contributed by atoms with Crippen molar-refractivity contribution in [1.29, 1.82) is 0 Å². The molecular weight excluding hydrogens is 307 g/mol. The van der Waals surface area contributed by atoms with E-state index < -0.39 is 5.82 Å². The van der Waals surface area contributed by atoms with E-state index in [-0.39, 0.29) is 5.91 Å². The summed E-state index contributed by atoms with van der Waals surface area (Å²) in [7, 11) is 0. The van der Waals surface area contributed by atoms with Gasteiger partial charge < -0.3 is 0 Å². The van der Waals surface area contributed by atoms with Crippen LogP contribution in [0, 0.1) is 12.7 Å². The Hall–Kier alpha value is -3.02. The predicted molar refractivity (Wildman–Crippen MR) is 88.7 cm³/mol. The average molecular weight is 322 g/mol. The van der Waals surface area contributed by atoms with Gasteiger partial charge in [0.1, 0.15) is 23.0 Å². The number of imidazole rings is 2. The van der Waals surface area contributed by atoms with Crippen molar-refractivity contribution in [1.82, 2.24) is 18.9 Å². The normalized spacial score (nSPS) is 11.5. The topological polar surface area (TPSA) is 52.2 Å². The first kappa shape index (κ1) is 14.6. The predicted octanol–water partition coefficient (Wildman–Crippen LogP) is 3.38. The Morgan fingerprint density at radius 3 is 2.75 bits per heavy atom. The lowest BCUT2D eigenvalue weighted by Gasteiger charge is -2.07. The number of nitrogens with zero attached hydrogens (tertiary/aromatic N) is 4. The van der Waals surface area contributed by atoms with E-state index in [1.807, 2.05) is 31.2 Å². The van der Waals surface area contributed by atoms with Crippen molar-refractivity contribution in [2.45, 2.75) is 20.3 Å². The van der Waals surface area contributed by atoms with Crippen LogP contribution in [0.5, 0.6) is 0 Å². The Bertz CT molecular complexity index is 1090. The first-order valence-corrected chi connectivity index (χ1v) is 7.75. The van der Waals surface area contributed by atoms with Crippen molar-refractivity contribution in [2.75, 3.05) is 0 Å². The molecule has 0 N–H and O–H groups in total. The molecule has 0 aliphatic heterocycles. The summed E-state index contributed by atoms with van der Waals surface area (Å²) in [5.74, 6) is -0.0745. The number of benzene rings is 1. The molecule has 0 unspecified atom stereocenters. The van der Waals surface area contributed by atoms with Crippen molar-refractivity contribution in [2.24, 2.45) is 0 Å². The summed E-state index contributed by atoms with van der Waals surface area (Å²) in [6.07, 6.45) is 1.87. The zero-order valence-corrected chi connectivity index (χ0v) is 13.3. The fourth-order valence-electron chi connectivity index (χ4n) is 3.05. The summed E-state index contributed by atoms with van der Waals surface area (Å²) in [4.78, 5) is 22.1. The number of para-hydroxylation sites is 2. The standard InChI is InChI=1S/C18H15FN4O/c1-3-13-17(22-10-12(19)8-9-16(22)21-13)18(24)23-11(2)20-14-6-4-5-7-15(14)23/h4-10H,3H2,1-2H3. The highest BCUT2D eigenvalue weighted by atomic mass is 19.1. The van der Waals surface area contributed by atoms with E-state index in [2.05, 4.69) is 9.97 Å². The minimum absolute atomic E-state index is 0.254. The number of hydrogen-bond donors (Lipinski definition) is 0. The average Bonchev–Trinajstić information content (AvgIpc) is 3.10. The molecule has 0 atom stereocenters. The van der Waals surface area contributed by atoms with Gasteiger partial charge in [-0.25, -0.2) is 14.4 Å². The second kappa shape index (κ2) is 5.26. The molecule has 0 radical (unpaired) electrons. The first-order chi connectivity index (χ1) is 11.6. The highest BCUT2D eigenvalue weighted by Crippen LogP contribution is 2.21. The fraction of sp³-hybridized carbons (Fsp3) is 0.167. The van der Waals surface area contributed by atoms with Gasteiger partial charge in [-0.3, -0.25) is 13.8 Å². The third kappa shape index (κ3) is 2.03. The number of fused-ring (bicyclic) bond motifs is 2. The number of carbonyl (C=O) groups excluding carboxylic acids is 1. The zero-order chi connectivity index (χ0) is 16.8. The first-order valence-electron chi connectivity index (χ1n) is 7.75. The Morgan fingerprint density at radius 2 is 1.96 bits per heavy atom. The molecule has 6 heteroatoms. The number of aryl methyl sites for hydroxylation is 2. The van der Waals surface area contributed by atoms with Crippen LogP contribution >= 0.6 is 0 Å². The van der Waals surface area contributed by atoms with Crippen LogP contribution in [0.2, 0.25) is 0 Å². The quantitative estimate of drug-likeness (QED) is 0.568. The van der Waals surface area contributed by atoms with Crippen molar-refractivity contribution in [3.63, 3.8) is 0 Å². The van der Waals surface area contributed by atoms with Crippen molar-refractivity contribution < 1.29 is 9.18 Å². The van der Waals surface area contributed by atoms with Gasteiger partial charge in [-0.15, -0.1) is 0 Å². The summed E-state index contributed by atoms with van der Waals surface area (Å²) in [6, 6.07) is 10.4. The van der Waals surface area contributed by atoms with Crippen LogP contribution in [0.4, 0.5) is 4.39 Å². The molecule has 0 bridgehead atoms. The van der Waals surface area contributed by atoms with Gasteiger partial charge in [0.05, 0.1) is 16.7 Å². The van der Waals surface area contributed by atoms with Crippen LogP contribution in [-0.4, -0.2) is 24.8 Å². The maximum absolute atomic E-state index is 13.7. The molecule has 0 spiro atoms. The molecule has 4 aromatic rings. The van der Waals surface area contributed by atoms with Crippen LogP contribution < -0.4 is 0 Å². The van der Waals surface area contributed by atoms with Crippen LogP contribution in [0.25, 0.3) is 16.7 Å². The number of hydrogen-bond acceptors (Lipinski definition) is 3. The van der Waals surface area contributed by atoms with E-state index >= 15 is 0 Å². The van der Waals surface area contributed by atoms with Crippen molar-refractivity contribution in [3.05, 3.63) is 65.6 Å². The molecule has 1 aromatic carbocycles. The molecule has 4 rings (SSSR count). The van der Waals surface area contributed by atoms with E-state index in [0.717, 1.165) is 11.0 Å². The van der Waals surface area contributed by atoms with E-state index in [0.29, 0.717) is 29.3 Å². The van der Waals surface area contributed by atoms with Gasteiger partial charge in [0.15, 0.2) is 0 Å². The van der Waals surface area contributed by atoms with Gasteiger partial charge >= 0.3 is 0 Å². The van der Waals surface area contributed by atoms with E-state index in [1.165, 1.54) is 16.7 Å². The summed E-state index contributed by atoms with van der Waals surface area (Å²) in [6.45, 7) is 3.71. The summed E-state index contributed by atoms with van der Waals surface area (Å²) in [5.41, 5.74) is 3.05. The van der Waals surface area contributed by atoms with E-state index in [1.54, 1.807) is 17.6 Å². The molecular formula is C18H15FN4O. The Kier molecular flexibility index (Phi) is 3.19. The third-order valence-corrected chi connectivity index (χ3v) is 4.12. The lowest BCUT2D eigenvalue weighted by atomic mass is 10.2. The van der Waals surface area contributed by atoms with Gasteiger partial charge in [0, 0.05) is 6.20 Å². The second-order valence-corrected chi connectivity index (χ2v) is 5.62. The summed E-state index contributed by atoms with van der Waals surface area (Å²) < 4.78 is 16.8. The van der Waals surface area contributed by atoms with Crippen LogP contribution in [0.15, 0.2) is 42.6 Å². The van der Waals surface area contributed by atoms with E-state index in [4.69, 9.17) is 0 Å². The number of carbonyl (C=O) groups is 1. The Balaban J connectivity index is 2.01. The van der Waals surface area contributed by atoms with Crippen LogP contribution in [0.1, 0.15) is 28.9 Å². The fourth-order valence-corrected chi connectivity index (χ4v) is 3.05. The molecule has 0 saturated carbocycles. The van der Waals surface area contributed by atoms with Gasteiger partial charge in [-0.1, -0.05) is 19.1 Å². The molecule has 0 saturated heterocycles. The molecule has 120 valence electrons. The zero-order valence-electron chi connectivity index (χ0n) is 13.3. The van der Waals surface area contributed by atoms with Crippen LogP contribution in [0.3, 0.4) is 0 Å².